The fourth-order valence-corrected chi connectivity index (χ4v) is 5.64. The molecule has 3 aliphatic rings. The maximum absolute atomic E-state index is 11.8. The lowest BCUT2D eigenvalue weighted by atomic mass is 9.73. The Morgan fingerprint density at radius 2 is 1.81 bits per heavy atom. The first-order valence-electron chi connectivity index (χ1n) is 10.4. The minimum Gasteiger partial charge on any atom is -0.453 e. The summed E-state index contributed by atoms with van der Waals surface area (Å²) in [5.74, 6) is 0. The third-order valence-electron chi connectivity index (χ3n) is 7.08. The summed E-state index contributed by atoms with van der Waals surface area (Å²) in [4.78, 5) is 14.6. The predicted octanol–water partition coefficient (Wildman–Crippen LogP) is 4.54. The van der Waals surface area contributed by atoms with Gasteiger partial charge in [-0.2, -0.15) is 0 Å². The van der Waals surface area contributed by atoms with Crippen LogP contribution in [-0.4, -0.2) is 37.2 Å². The molecule has 0 unspecified atom stereocenters. The quantitative estimate of drug-likeness (QED) is 0.791. The molecule has 1 aromatic rings. The molecule has 1 amide bonds. The van der Waals surface area contributed by atoms with Crippen molar-refractivity contribution in [2.24, 2.45) is 0 Å². The van der Waals surface area contributed by atoms with Crippen molar-refractivity contribution in [1.29, 1.82) is 0 Å². The molecule has 4 heteroatoms. The highest BCUT2D eigenvalue weighted by atomic mass is 16.5. The van der Waals surface area contributed by atoms with Crippen molar-refractivity contribution in [3.8, 4) is 0 Å². The van der Waals surface area contributed by atoms with E-state index in [9.17, 15) is 4.79 Å². The number of likely N-dealkylation sites (tertiary alicyclic amines) is 1. The van der Waals surface area contributed by atoms with Crippen LogP contribution in [0.1, 0.15) is 75.0 Å². The highest BCUT2D eigenvalue weighted by Gasteiger charge is 2.46. The number of hydrogen-bond acceptors (Lipinski definition) is 3. The first kappa shape index (κ1) is 17.8. The van der Waals surface area contributed by atoms with Crippen LogP contribution in [0.5, 0.6) is 0 Å². The van der Waals surface area contributed by atoms with Gasteiger partial charge in [-0.15, -0.1) is 0 Å². The van der Waals surface area contributed by atoms with Crippen molar-refractivity contribution in [2.45, 2.75) is 75.3 Å². The van der Waals surface area contributed by atoms with E-state index < -0.39 is 0 Å². The van der Waals surface area contributed by atoms with Crippen molar-refractivity contribution in [2.75, 3.05) is 20.2 Å². The van der Waals surface area contributed by atoms with E-state index in [2.05, 4.69) is 34.5 Å². The van der Waals surface area contributed by atoms with Gasteiger partial charge in [-0.1, -0.05) is 49.9 Å². The molecule has 1 saturated heterocycles. The molecule has 1 saturated carbocycles. The van der Waals surface area contributed by atoms with Crippen molar-refractivity contribution < 1.29 is 9.53 Å². The molecule has 2 fully saturated rings. The Morgan fingerprint density at radius 1 is 1.12 bits per heavy atom. The molecule has 1 aromatic carbocycles. The molecule has 1 heterocycles. The summed E-state index contributed by atoms with van der Waals surface area (Å²) in [6.45, 7) is 2.40. The van der Waals surface area contributed by atoms with Crippen LogP contribution >= 0.6 is 0 Å². The van der Waals surface area contributed by atoms with E-state index in [-0.39, 0.29) is 17.6 Å². The Balaban J connectivity index is 1.48. The van der Waals surface area contributed by atoms with Crippen molar-refractivity contribution >= 4 is 6.09 Å². The lowest BCUT2D eigenvalue weighted by Crippen LogP contribution is -2.46. The van der Waals surface area contributed by atoms with Crippen molar-refractivity contribution in [3.63, 3.8) is 0 Å². The Labute approximate surface area is 157 Å². The number of nitrogens with zero attached hydrogens (tertiary/aromatic N) is 1. The van der Waals surface area contributed by atoms with Gasteiger partial charge in [0.2, 0.25) is 0 Å². The number of alkyl carbamates (subject to hydrolysis) is 1. The molecule has 4 nitrogen and oxygen atoms in total. The molecule has 2 aliphatic carbocycles. The van der Waals surface area contributed by atoms with E-state index in [1.54, 1.807) is 0 Å². The van der Waals surface area contributed by atoms with Gasteiger partial charge in [0, 0.05) is 11.5 Å². The predicted molar refractivity (Wildman–Crippen MR) is 103 cm³/mol. The van der Waals surface area contributed by atoms with E-state index in [1.807, 2.05) is 0 Å². The summed E-state index contributed by atoms with van der Waals surface area (Å²) in [7, 11) is 1.44. The maximum Gasteiger partial charge on any atom is 0.407 e. The fourth-order valence-electron chi connectivity index (χ4n) is 5.64. The zero-order valence-corrected chi connectivity index (χ0v) is 16.0. The molecule has 4 rings (SSSR count). The monoisotopic (exact) mass is 356 g/mol. The van der Waals surface area contributed by atoms with Crippen molar-refractivity contribution in [3.05, 3.63) is 35.4 Å². The molecule has 1 spiro atoms. The normalized spacial score (nSPS) is 26.3. The Kier molecular flexibility index (Phi) is 5.21. The first-order chi connectivity index (χ1) is 12.7. The van der Waals surface area contributed by atoms with E-state index in [0.717, 1.165) is 12.5 Å². The SMILES string of the molecule is COC(=O)N[C@H]1CC2(CCN(C3CCCCCC3)CC2)c2ccccc21. The van der Waals surface area contributed by atoms with Gasteiger partial charge in [0.15, 0.2) is 0 Å². The number of ether oxygens (including phenoxy) is 1. The number of nitrogens with one attached hydrogen (secondary N) is 1. The van der Waals surface area contributed by atoms with Crippen LogP contribution < -0.4 is 5.32 Å². The zero-order chi connectivity index (χ0) is 18.0. The Morgan fingerprint density at radius 3 is 2.50 bits per heavy atom. The summed E-state index contributed by atoms with van der Waals surface area (Å²) < 4.78 is 4.85. The van der Waals surface area contributed by atoms with Gasteiger partial charge in [0.05, 0.1) is 13.2 Å². The second kappa shape index (κ2) is 7.59. The molecule has 26 heavy (non-hydrogen) atoms. The number of hydrogen-bond donors (Lipinski definition) is 1. The minimum atomic E-state index is -0.322. The average Bonchev–Trinajstić information content (AvgIpc) is 2.85. The number of carbonyl (C=O) groups is 1. The van der Waals surface area contributed by atoms with Gasteiger partial charge in [-0.3, -0.25) is 0 Å². The molecule has 0 radical (unpaired) electrons. The Bertz CT molecular complexity index is 629. The average molecular weight is 357 g/mol. The molecule has 0 aromatic heterocycles. The summed E-state index contributed by atoms with van der Waals surface area (Å²) in [6, 6.07) is 9.60. The molecule has 1 aliphatic heterocycles. The number of methoxy groups -OCH3 is 1. The van der Waals surface area contributed by atoms with Gasteiger partial charge in [-0.25, -0.2) is 4.79 Å². The van der Waals surface area contributed by atoms with Gasteiger partial charge < -0.3 is 15.0 Å². The van der Waals surface area contributed by atoms with E-state index in [1.165, 1.54) is 82.7 Å². The highest BCUT2D eigenvalue weighted by molar-refractivity contribution is 5.68. The van der Waals surface area contributed by atoms with Gasteiger partial charge in [-0.05, 0) is 56.3 Å². The largest absolute Gasteiger partial charge is 0.453 e. The van der Waals surface area contributed by atoms with Crippen LogP contribution in [-0.2, 0) is 10.2 Å². The highest BCUT2D eigenvalue weighted by Crippen LogP contribution is 2.51. The summed E-state index contributed by atoms with van der Waals surface area (Å²) >= 11 is 0. The number of piperidine rings is 1. The molecule has 1 atom stereocenters. The van der Waals surface area contributed by atoms with Gasteiger partial charge in [0.1, 0.15) is 0 Å². The van der Waals surface area contributed by atoms with E-state index >= 15 is 0 Å². The fraction of sp³-hybridized carbons (Fsp3) is 0.682. The summed E-state index contributed by atoms with van der Waals surface area (Å²) in [5, 5.41) is 3.06. The molecule has 142 valence electrons. The topological polar surface area (TPSA) is 41.6 Å². The molecule has 1 N–H and O–H groups in total. The standard InChI is InChI=1S/C22H32N2O2/c1-26-21(25)23-20-16-22(19-11-7-6-10-18(19)20)12-14-24(15-13-22)17-8-4-2-3-5-9-17/h6-7,10-11,17,20H,2-5,8-9,12-16H2,1H3,(H,23,25)/t20-/m0/s1. The second-order valence-corrected chi connectivity index (χ2v) is 8.44. The Hall–Kier alpha value is -1.55. The third-order valence-corrected chi connectivity index (χ3v) is 7.08. The number of fused-ring (bicyclic) bond motifs is 2. The van der Waals surface area contributed by atoms with Crippen LogP contribution in [0.15, 0.2) is 24.3 Å². The number of carbonyl (C=O) groups excluding carboxylic acids is 1. The van der Waals surface area contributed by atoms with E-state index in [4.69, 9.17) is 4.74 Å². The van der Waals surface area contributed by atoms with Crippen LogP contribution in [0.25, 0.3) is 0 Å². The van der Waals surface area contributed by atoms with Crippen molar-refractivity contribution in [1.82, 2.24) is 10.2 Å². The van der Waals surface area contributed by atoms with Crippen LogP contribution in [0.3, 0.4) is 0 Å². The van der Waals surface area contributed by atoms with Crippen LogP contribution in [0, 0.1) is 0 Å². The summed E-state index contributed by atoms with van der Waals surface area (Å²) in [6.07, 6.45) is 11.5. The number of benzene rings is 1. The lowest BCUT2D eigenvalue weighted by molar-refractivity contribution is 0.101. The molecule has 0 bridgehead atoms. The van der Waals surface area contributed by atoms with E-state index in [0.29, 0.717) is 0 Å². The number of amides is 1. The zero-order valence-electron chi connectivity index (χ0n) is 16.0. The van der Waals surface area contributed by atoms with Gasteiger partial charge in [0.25, 0.3) is 0 Å². The lowest BCUT2D eigenvalue weighted by Gasteiger charge is -2.43. The van der Waals surface area contributed by atoms with Crippen LogP contribution in [0.2, 0.25) is 0 Å². The molecular weight excluding hydrogens is 324 g/mol. The van der Waals surface area contributed by atoms with Crippen LogP contribution in [0.4, 0.5) is 4.79 Å². The second-order valence-electron chi connectivity index (χ2n) is 8.44. The number of rotatable bonds is 2. The maximum atomic E-state index is 11.8. The summed E-state index contributed by atoms with van der Waals surface area (Å²) in [5.41, 5.74) is 2.98. The molecular formula is C22H32N2O2. The first-order valence-corrected chi connectivity index (χ1v) is 10.4. The minimum absolute atomic E-state index is 0.0862. The van der Waals surface area contributed by atoms with Gasteiger partial charge >= 0.3 is 6.09 Å². The third kappa shape index (κ3) is 3.36. The smallest absolute Gasteiger partial charge is 0.407 e.